The van der Waals surface area contributed by atoms with E-state index in [9.17, 15) is 0 Å². The summed E-state index contributed by atoms with van der Waals surface area (Å²) >= 11 is 0. The Morgan fingerprint density at radius 1 is 1.37 bits per heavy atom. The van der Waals surface area contributed by atoms with Crippen LogP contribution < -0.4 is 10.5 Å². The highest BCUT2D eigenvalue weighted by molar-refractivity contribution is 5.28. The van der Waals surface area contributed by atoms with E-state index in [1.165, 1.54) is 18.4 Å². The van der Waals surface area contributed by atoms with Crippen LogP contribution in [0, 0.1) is 0 Å². The fourth-order valence-electron chi connectivity index (χ4n) is 2.42. The molecule has 1 unspecified atom stereocenters. The molecular formula is C16H25NO2. The molecule has 106 valence electrons. The number of rotatable bonds is 7. The fourth-order valence-corrected chi connectivity index (χ4v) is 2.42. The third kappa shape index (κ3) is 4.51. The SMILES string of the molecule is CC[C@@H](N)c1ccc(OCCCC2CCCO2)cc1. The number of hydrogen-bond donors (Lipinski definition) is 1. The van der Waals surface area contributed by atoms with Gasteiger partial charge in [-0.1, -0.05) is 19.1 Å². The zero-order valence-corrected chi connectivity index (χ0v) is 11.8. The van der Waals surface area contributed by atoms with E-state index in [4.69, 9.17) is 15.2 Å². The maximum atomic E-state index is 5.98. The van der Waals surface area contributed by atoms with Gasteiger partial charge in [-0.25, -0.2) is 0 Å². The van der Waals surface area contributed by atoms with Crippen molar-refractivity contribution in [2.45, 2.75) is 51.2 Å². The highest BCUT2D eigenvalue weighted by Crippen LogP contribution is 2.19. The summed E-state index contributed by atoms with van der Waals surface area (Å²) < 4.78 is 11.3. The van der Waals surface area contributed by atoms with Gasteiger partial charge in [0.15, 0.2) is 0 Å². The van der Waals surface area contributed by atoms with Gasteiger partial charge in [-0.05, 0) is 49.8 Å². The summed E-state index contributed by atoms with van der Waals surface area (Å²) in [4.78, 5) is 0. The first-order valence-corrected chi connectivity index (χ1v) is 7.39. The van der Waals surface area contributed by atoms with Gasteiger partial charge in [-0.15, -0.1) is 0 Å². The van der Waals surface area contributed by atoms with E-state index in [1.54, 1.807) is 0 Å². The van der Waals surface area contributed by atoms with Gasteiger partial charge >= 0.3 is 0 Å². The van der Waals surface area contributed by atoms with E-state index < -0.39 is 0 Å². The second kappa shape index (κ2) is 7.51. The predicted molar refractivity (Wildman–Crippen MR) is 77.4 cm³/mol. The van der Waals surface area contributed by atoms with Gasteiger partial charge in [0.05, 0.1) is 12.7 Å². The van der Waals surface area contributed by atoms with E-state index in [-0.39, 0.29) is 6.04 Å². The molecule has 1 aliphatic heterocycles. The molecule has 1 aromatic carbocycles. The third-order valence-corrected chi connectivity index (χ3v) is 3.71. The van der Waals surface area contributed by atoms with Crippen molar-refractivity contribution in [3.63, 3.8) is 0 Å². The van der Waals surface area contributed by atoms with Crippen molar-refractivity contribution in [2.24, 2.45) is 5.73 Å². The summed E-state index contributed by atoms with van der Waals surface area (Å²) in [7, 11) is 0. The van der Waals surface area contributed by atoms with Crippen LogP contribution in [0.4, 0.5) is 0 Å². The molecule has 2 N–H and O–H groups in total. The minimum Gasteiger partial charge on any atom is -0.494 e. The molecule has 1 aromatic rings. The molecule has 0 aliphatic carbocycles. The number of nitrogens with two attached hydrogens (primary N) is 1. The molecule has 0 amide bonds. The van der Waals surface area contributed by atoms with E-state index in [2.05, 4.69) is 19.1 Å². The predicted octanol–water partition coefficient (Wildman–Crippen LogP) is 3.43. The summed E-state index contributed by atoms with van der Waals surface area (Å²) in [5, 5.41) is 0. The van der Waals surface area contributed by atoms with Crippen LogP contribution in [0.3, 0.4) is 0 Å². The normalized spacial score (nSPS) is 20.4. The molecule has 0 bridgehead atoms. The lowest BCUT2D eigenvalue weighted by Crippen LogP contribution is -2.09. The fraction of sp³-hybridized carbons (Fsp3) is 0.625. The number of benzene rings is 1. The van der Waals surface area contributed by atoms with Gasteiger partial charge in [0.1, 0.15) is 5.75 Å². The Hall–Kier alpha value is -1.06. The molecule has 3 nitrogen and oxygen atoms in total. The smallest absolute Gasteiger partial charge is 0.119 e. The van der Waals surface area contributed by atoms with Gasteiger partial charge in [-0.3, -0.25) is 0 Å². The van der Waals surface area contributed by atoms with Crippen molar-refractivity contribution in [1.82, 2.24) is 0 Å². The Kier molecular flexibility index (Phi) is 5.67. The first-order valence-electron chi connectivity index (χ1n) is 7.39. The summed E-state index contributed by atoms with van der Waals surface area (Å²) in [6.07, 6.45) is 6.02. The lowest BCUT2D eigenvalue weighted by Gasteiger charge is -2.12. The second-order valence-corrected chi connectivity index (χ2v) is 5.21. The van der Waals surface area contributed by atoms with Gasteiger partial charge in [0.2, 0.25) is 0 Å². The van der Waals surface area contributed by atoms with Gasteiger partial charge in [0.25, 0.3) is 0 Å². The monoisotopic (exact) mass is 263 g/mol. The molecule has 0 aromatic heterocycles. The number of ether oxygens (including phenoxy) is 2. The summed E-state index contributed by atoms with van der Waals surface area (Å²) in [6, 6.07) is 8.27. The van der Waals surface area contributed by atoms with Crippen molar-refractivity contribution in [1.29, 1.82) is 0 Å². The quantitative estimate of drug-likeness (QED) is 0.766. The average Bonchev–Trinajstić information content (AvgIpc) is 2.96. The largest absolute Gasteiger partial charge is 0.494 e. The first-order chi connectivity index (χ1) is 9.29. The maximum Gasteiger partial charge on any atom is 0.119 e. The Morgan fingerprint density at radius 2 is 2.16 bits per heavy atom. The van der Waals surface area contributed by atoms with Crippen molar-refractivity contribution >= 4 is 0 Å². The Bertz CT molecular complexity index is 358. The van der Waals surface area contributed by atoms with Gasteiger partial charge in [0, 0.05) is 12.6 Å². The Morgan fingerprint density at radius 3 is 2.79 bits per heavy atom. The molecule has 2 atom stereocenters. The van der Waals surface area contributed by atoms with Crippen LogP contribution in [-0.4, -0.2) is 19.3 Å². The summed E-state index contributed by atoms with van der Waals surface area (Å²) in [6.45, 7) is 3.80. The van der Waals surface area contributed by atoms with Crippen LogP contribution in [0.25, 0.3) is 0 Å². The minimum absolute atomic E-state index is 0.133. The van der Waals surface area contributed by atoms with Gasteiger partial charge in [-0.2, -0.15) is 0 Å². The standard InChI is InChI=1S/C16H25NO2/c1-2-16(17)13-7-9-15(10-8-13)19-12-4-6-14-5-3-11-18-14/h7-10,14,16H,2-6,11-12,17H2,1H3/t14?,16-/m1/s1. The van der Waals surface area contributed by atoms with E-state index in [0.29, 0.717) is 6.10 Å². The molecule has 2 rings (SSSR count). The van der Waals surface area contributed by atoms with E-state index in [1.807, 2.05) is 12.1 Å². The van der Waals surface area contributed by atoms with Crippen molar-refractivity contribution in [3.8, 4) is 5.75 Å². The minimum atomic E-state index is 0.133. The van der Waals surface area contributed by atoms with Crippen molar-refractivity contribution < 1.29 is 9.47 Å². The maximum absolute atomic E-state index is 5.98. The molecule has 1 fully saturated rings. The number of hydrogen-bond acceptors (Lipinski definition) is 3. The molecule has 1 saturated heterocycles. The van der Waals surface area contributed by atoms with Crippen LogP contribution >= 0.6 is 0 Å². The molecule has 0 radical (unpaired) electrons. The van der Waals surface area contributed by atoms with Crippen molar-refractivity contribution in [2.75, 3.05) is 13.2 Å². The highest BCUT2D eigenvalue weighted by Gasteiger charge is 2.14. The van der Waals surface area contributed by atoms with Crippen molar-refractivity contribution in [3.05, 3.63) is 29.8 Å². The van der Waals surface area contributed by atoms with Crippen LogP contribution in [-0.2, 0) is 4.74 Å². The molecule has 1 aliphatic rings. The second-order valence-electron chi connectivity index (χ2n) is 5.21. The van der Waals surface area contributed by atoms with Crippen LogP contribution in [0.1, 0.15) is 50.6 Å². The lowest BCUT2D eigenvalue weighted by molar-refractivity contribution is 0.0981. The first kappa shape index (κ1) is 14.4. The average molecular weight is 263 g/mol. The molecule has 1 heterocycles. The molecule has 3 heteroatoms. The van der Waals surface area contributed by atoms with E-state index >= 15 is 0 Å². The third-order valence-electron chi connectivity index (χ3n) is 3.71. The van der Waals surface area contributed by atoms with Crippen LogP contribution in [0.2, 0.25) is 0 Å². The zero-order valence-electron chi connectivity index (χ0n) is 11.8. The Labute approximate surface area is 116 Å². The molecular weight excluding hydrogens is 238 g/mol. The highest BCUT2D eigenvalue weighted by atomic mass is 16.5. The van der Waals surface area contributed by atoms with Gasteiger partial charge < -0.3 is 15.2 Å². The van der Waals surface area contributed by atoms with Crippen LogP contribution in [0.5, 0.6) is 5.75 Å². The molecule has 19 heavy (non-hydrogen) atoms. The van der Waals surface area contributed by atoms with E-state index in [0.717, 1.165) is 38.2 Å². The summed E-state index contributed by atoms with van der Waals surface area (Å²) in [5.41, 5.74) is 7.16. The summed E-state index contributed by atoms with van der Waals surface area (Å²) in [5.74, 6) is 0.930. The molecule has 0 saturated carbocycles. The Balaban J connectivity index is 1.67. The zero-order chi connectivity index (χ0) is 13.5. The molecule has 0 spiro atoms. The topological polar surface area (TPSA) is 44.5 Å². The lowest BCUT2D eigenvalue weighted by atomic mass is 10.1. The van der Waals surface area contributed by atoms with Crippen LogP contribution in [0.15, 0.2) is 24.3 Å².